The Labute approximate surface area is 183 Å². The van der Waals surface area contributed by atoms with E-state index in [-0.39, 0.29) is 11.9 Å². The van der Waals surface area contributed by atoms with E-state index in [1.54, 1.807) is 6.07 Å². The Morgan fingerprint density at radius 2 is 1.30 bits per heavy atom. The zero-order valence-electron chi connectivity index (χ0n) is 19.8. The minimum absolute atomic E-state index is 0.278. The van der Waals surface area contributed by atoms with Crippen LogP contribution in [0.1, 0.15) is 104 Å². The Balaban J connectivity index is 2.76. The molecule has 0 heterocycles. The lowest BCUT2D eigenvalue weighted by molar-refractivity contribution is -0.137. The molecule has 0 unspecified atom stereocenters. The van der Waals surface area contributed by atoms with Crippen molar-refractivity contribution >= 4 is 11.9 Å². The summed E-state index contributed by atoms with van der Waals surface area (Å²) in [5, 5.41) is 0. The molecule has 30 heavy (non-hydrogen) atoms. The molecule has 0 saturated heterocycles. The number of carbonyl (C=O) groups is 2. The second-order valence-corrected chi connectivity index (χ2v) is 9.11. The van der Waals surface area contributed by atoms with Gasteiger partial charge in [-0.25, -0.2) is 0 Å². The fraction of sp³-hybridized carbons (Fsp3) is 0.692. The third-order valence-corrected chi connectivity index (χ3v) is 5.13. The molecule has 0 aliphatic heterocycles. The molecule has 0 spiro atoms. The van der Waals surface area contributed by atoms with Gasteiger partial charge in [0.2, 0.25) is 0 Å². The first-order valence-electron chi connectivity index (χ1n) is 11.9. The monoisotopic (exact) mass is 418 g/mol. The number of unbranched alkanes of at least 4 members (excludes halogenated alkanes) is 5. The molecule has 4 nitrogen and oxygen atoms in total. The van der Waals surface area contributed by atoms with Gasteiger partial charge < -0.3 is 9.47 Å². The molecule has 0 aliphatic carbocycles. The average molecular weight is 419 g/mol. The van der Waals surface area contributed by atoms with Gasteiger partial charge in [0.25, 0.3) is 0 Å². The Morgan fingerprint density at radius 1 is 0.767 bits per heavy atom. The first-order valence-corrected chi connectivity index (χ1v) is 11.9. The van der Waals surface area contributed by atoms with E-state index in [1.807, 2.05) is 12.1 Å². The van der Waals surface area contributed by atoms with Gasteiger partial charge in [0.15, 0.2) is 11.5 Å². The van der Waals surface area contributed by atoms with Crippen LogP contribution in [0.3, 0.4) is 0 Å². The topological polar surface area (TPSA) is 52.6 Å². The van der Waals surface area contributed by atoms with Crippen LogP contribution in [-0.4, -0.2) is 11.9 Å². The molecule has 0 amide bonds. The van der Waals surface area contributed by atoms with Crippen LogP contribution in [0, 0.1) is 11.8 Å². The zero-order valence-corrected chi connectivity index (χ0v) is 19.8. The SMILES string of the molecule is CCCCCCCCc1ccc(OC(=O)CCC(C)C)c(OC(=O)CCC(C)C)c1. The van der Waals surface area contributed by atoms with E-state index in [1.165, 1.54) is 32.1 Å². The Hall–Kier alpha value is -1.84. The molecule has 0 atom stereocenters. The van der Waals surface area contributed by atoms with E-state index < -0.39 is 0 Å². The third kappa shape index (κ3) is 12.0. The van der Waals surface area contributed by atoms with Gasteiger partial charge in [-0.1, -0.05) is 72.8 Å². The van der Waals surface area contributed by atoms with Crippen LogP contribution in [0.5, 0.6) is 11.5 Å². The van der Waals surface area contributed by atoms with E-state index in [2.05, 4.69) is 34.6 Å². The maximum Gasteiger partial charge on any atom is 0.311 e. The lowest BCUT2D eigenvalue weighted by Crippen LogP contribution is -2.13. The molecule has 0 aliphatic rings. The van der Waals surface area contributed by atoms with Crippen molar-refractivity contribution < 1.29 is 19.1 Å². The molecule has 0 N–H and O–H groups in total. The highest BCUT2D eigenvalue weighted by atomic mass is 16.6. The molecule has 0 saturated carbocycles. The number of carbonyl (C=O) groups excluding carboxylic acids is 2. The summed E-state index contributed by atoms with van der Waals surface area (Å²) in [4.78, 5) is 24.5. The van der Waals surface area contributed by atoms with Crippen LogP contribution in [-0.2, 0) is 16.0 Å². The van der Waals surface area contributed by atoms with E-state index in [0.29, 0.717) is 36.2 Å². The zero-order chi connectivity index (χ0) is 22.4. The van der Waals surface area contributed by atoms with Gasteiger partial charge in [0.05, 0.1) is 0 Å². The first kappa shape index (κ1) is 26.2. The summed E-state index contributed by atoms with van der Waals surface area (Å²) >= 11 is 0. The Bertz CT molecular complexity index is 634. The van der Waals surface area contributed by atoms with Crippen LogP contribution in [0.15, 0.2) is 18.2 Å². The second kappa shape index (κ2) is 15.0. The molecular formula is C26H42O4. The Morgan fingerprint density at radius 3 is 1.87 bits per heavy atom. The van der Waals surface area contributed by atoms with Gasteiger partial charge in [0.1, 0.15) is 0 Å². The second-order valence-electron chi connectivity index (χ2n) is 9.11. The summed E-state index contributed by atoms with van der Waals surface area (Å²) < 4.78 is 11.1. The summed E-state index contributed by atoms with van der Waals surface area (Å²) in [6, 6.07) is 5.61. The molecular weight excluding hydrogens is 376 g/mol. The number of hydrogen-bond acceptors (Lipinski definition) is 4. The van der Waals surface area contributed by atoms with Crippen molar-refractivity contribution in [1.29, 1.82) is 0 Å². The molecule has 0 fully saturated rings. The van der Waals surface area contributed by atoms with Crippen molar-refractivity contribution in [3.05, 3.63) is 23.8 Å². The third-order valence-electron chi connectivity index (χ3n) is 5.13. The Kier molecular flexibility index (Phi) is 13.1. The lowest BCUT2D eigenvalue weighted by atomic mass is 10.0. The number of ether oxygens (including phenoxy) is 2. The minimum Gasteiger partial charge on any atom is -0.423 e. The fourth-order valence-corrected chi connectivity index (χ4v) is 3.14. The molecule has 0 aromatic heterocycles. The molecule has 0 radical (unpaired) electrons. The van der Waals surface area contributed by atoms with Gasteiger partial charge in [-0.2, -0.15) is 0 Å². The summed E-state index contributed by atoms with van der Waals surface area (Å²) in [6.45, 7) is 10.5. The van der Waals surface area contributed by atoms with Crippen LogP contribution in [0.4, 0.5) is 0 Å². The van der Waals surface area contributed by atoms with Gasteiger partial charge in [-0.15, -0.1) is 0 Å². The van der Waals surface area contributed by atoms with Crippen LogP contribution in [0.25, 0.3) is 0 Å². The van der Waals surface area contributed by atoms with E-state index >= 15 is 0 Å². The highest BCUT2D eigenvalue weighted by molar-refractivity contribution is 5.76. The largest absolute Gasteiger partial charge is 0.423 e. The van der Waals surface area contributed by atoms with Crippen LogP contribution in [0.2, 0.25) is 0 Å². The summed E-state index contributed by atoms with van der Waals surface area (Å²) in [5.74, 6) is 1.01. The summed E-state index contributed by atoms with van der Waals surface area (Å²) in [7, 11) is 0. The van der Waals surface area contributed by atoms with E-state index in [9.17, 15) is 9.59 Å². The number of esters is 2. The molecule has 1 rings (SSSR count). The van der Waals surface area contributed by atoms with Crippen LogP contribution < -0.4 is 9.47 Å². The number of rotatable bonds is 15. The van der Waals surface area contributed by atoms with Crippen molar-refractivity contribution in [1.82, 2.24) is 0 Å². The van der Waals surface area contributed by atoms with Crippen molar-refractivity contribution in [3.8, 4) is 11.5 Å². The molecule has 1 aromatic carbocycles. The predicted molar refractivity (Wildman–Crippen MR) is 123 cm³/mol. The highest BCUT2D eigenvalue weighted by Gasteiger charge is 2.15. The van der Waals surface area contributed by atoms with Gasteiger partial charge in [-0.3, -0.25) is 9.59 Å². The van der Waals surface area contributed by atoms with Gasteiger partial charge in [-0.05, 0) is 55.2 Å². The lowest BCUT2D eigenvalue weighted by Gasteiger charge is -2.13. The number of hydrogen-bond donors (Lipinski definition) is 0. The fourth-order valence-electron chi connectivity index (χ4n) is 3.14. The number of benzene rings is 1. The molecule has 4 heteroatoms. The molecule has 0 bridgehead atoms. The van der Waals surface area contributed by atoms with Crippen molar-refractivity contribution in [2.75, 3.05) is 0 Å². The quantitative estimate of drug-likeness (QED) is 0.171. The van der Waals surface area contributed by atoms with E-state index in [4.69, 9.17) is 9.47 Å². The van der Waals surface area contributed by atoms with Crippen molar-refractivity contribution in [2.45, 2.75) is 105 Å². The minimum atomic E-state index is -0.285. The normalized spacial score (nSPS) is 11.2. The van der Waals surface area contributed by atoms with Gasteiger partial charge in [0, 0.05) is 12.8 Å². The maximum atomic E-state index is 12.3. The average Bonchev–Trinajstić information content (AvgIpc) is 2.69. The highest BCUT2D eigenvalue weighted by Crippen LogP contribution is 2.30. The molecule has 170 valence electrons. The smallest absolute Gasteiger partial charge is 0.311 e. The standard InChI is InChI=1S/C26H42O4/c1-6-7-8-9-10-11-12-22-15-16-23(29-25(27)17-13-20(2)3)24(19-22)30-26(28)18-14-21(4)5/h15-16,19-21H,6-14,17-18H2,1-5H3. The number of aryl methyl sites for hydroxylation is 1. The maximum absolute atomic E-state index is 12.3. The van der Waals surface area contributed by atoms with Crippen LogP contribution >= 0.6 is 0 Å². The summed E-state index contributed by atoms with van der Waals surface area (Å²) in [6.07, 6.45) is 10.6. The van der Waals surface area contributed by atoms with Crippen molar-refractivity contribution in [2.24, 2.45) is 11.8 Å². The first-order chi connectivity index (χ1) is 14.3. The van der Waals surface area contributed by atoms with Crippen molar-refractivity contribution in [3.63, 3.8) is 0 Å². The summed E-state index contributed by atoms with van der Waals surface area (Å²) in [5.41, 5.74) is 1.11. The predicted octanol–water partition coefficient (Wildman–Crippen LogP) is 7.27. The molecule has 1 aromatic rings. The van der Waals surface area contributed by atoms with Gasteiger partial charge >= 0.3 is 11.9 Å². The van der Waals surface area contributed by atoms with E-state index in [0.717, 1.165) is 31.2 Å².